The maximum Gasteiger partial charge on any atom is 0.244 e. The molecule has 0 unspecified atom stereocenters. The van der Waals surface area contributed by atoms with Crippen LogP contribution < -0.4 is 11.1 Å². The van der Waals surface area contributed by atoms with E-state index in [9.17, 15) is 0 Å². The van der Waals surface area contributed by atoms with Crippen LogP contribution in [0.4, 0.5) is 11.9 Å². The summed E-state index contributed by atoms with van der Waals surface area (Å²) in [6, 6.07) is 0. The van der Waals surface area contributed by atoms with Crippen molar-refractivity contribution in [3.63, 3.8) is 0 Å². The predicted octanol–water partition coefficient (Wildman–Crippen LogP) is 0.295. The largest absolute Gasteiger partial charge is 0.448 e. The number of nitrogens with one attached hydrogen (secondary N) is 2. The molecule has 0 amide bonds. The number of hydrogen-bond acceptors (Lipinski definition) is 6. The Kier molecular flexibility index (Phi) is 2.05. The van der Waals surface area contributed by atoms with E-state index < -0.39 is 0 Å². The lowest BCUT2D eigenvalue weighted by Crippen LogP contribution is -2.02. The average Bonchev–Trinajstić information content (AvgIpc) is 2.72. The Labute approximate surface area is 79.7 Å². The first-order valence-electron chi connectivity index (χ1n) is 4.06. The lowest BCUT2D eigenvalue weighted by atomic mass is 10.4. The third kappa shape index (κ3) is 1.65. The molecule has 4 N–H and O–H groups in total. The smallest absolute Gasteiger partial charge is 0.244 e. The molecule has 0 spiro atoms. The number of aromatic amines is 1. The summed E-state index contributed by atoms with van der Waals surface area (Å²) >= 11 is 0. The number of nitrogens with zero attached hydrogens (tertiary/aromatic N) is 3. The summed E-state index contributed by atoms with van der Waals surface area (Å²) in [5.74, 6) is 1.51. The molecule has 0 aromatic carbocycles. The van der Waals surface area contributed by atoms with Crippen molar-refractivity contribution in [2.24, 2.45) is 0 Å². The average molecular weight is 194 g/mol. The second-order valence-electron chi connectivity index (χ2n) is 2.75. The number of hydrogen-bond donors (Lipinski definition) is 3. The summed E-state index contributed by atoms with van der Waals surface area (Å²) in [4.78, 5) is 7.89. The number of oxazole rings is 1. The fraction of sp³-hybridized carbons (Fsp3) is 0.286. The summed E-state index contributed by atoms with van der Waals surface area (Å²) in [6.45, 7) is 2.36. The fourth-order valence-corrected chi connectivity index (χ4v) is 1.01. The van der Waals surface area contributed by atoms with Crippen molar-refractivity contribution in [2.75, 3.05) is 11.1 Å². The lowest BCUT2D eigenvalue weighted by Gasteiger charge is -1.97. The van der Waals surface area contributed by atoms with E-state index in [2.05, 4.69) is 25.5 Å². The Morgan fingerprint density at radius 1 is 1.64 bits per heavy atom. The quantitative estimate of drug-likeness (QED) is 0.648. The van der Waals surface area contributed by atoms with Gasteiger partial charge in [0.15, 0.2) is 6.39 Å². The molecule has 2 heterocycles. The number of rotatable bonds is 3. The fourth-order valence-electron chi connectivity index (χ4n) is 1.01. The van der Waals surface area contributed by atoms with E-state index in [4.69, 9.17) is 10.2 Å². The van der Waals surface area contributed by atoms with Gasteiger partial charge in [-0.3, -0.25) is 0 Å². The van der Waals surface area contributed by atoms with Crippen LogP contribution in [0.2, 0.25) is 0 Å². The maximum atomic E-state index is 5.35. The van der Waals surface area contributed by atoms with Gasteiger partial charge in [0.2, 0.25) is 11.9 Å². The molecule has 0 fully saturated rings. The SMILES string of the molecule is Cc1ocnc1CNc1n[nH]c(N)n1. The molecular formula is C7H10N6O. The Morgan fingerprint density at radius 2 is 2.50 bits per heavy atom. The summed E-state index contributed by atoms with van der Waals surface area (Å²) < 4.78 is 5.03. The third-order valence-electron chi connectivity index (χ3n) is 1.76. The van der Waals surface area contributed by atoms with E-state index in [0.29, 0.717) is 12.5 Å². The number of nitrogens with two attached hydrogens (primary N) is 1. The van der Waals surface area contributed by atoms with Crippen molar-refractivity contribution in [3.8, 4) is 0 Å². The van der Waals surface area contributed by atoms with Crippen LogP contribution >= 0.6 is 0 Å². The zero-order chi connectivity index (χ0) is 9.97. The molecule has 7 heteroatoms. The zero-order valence-corrected chi connectivity index (χ0v) is 7.61. The van der Waals surface area contributed by atoms with Crippen LogP contribution in [0.15, 0.2) is 10.8 Å². The van der Waals surface area contributed by atoms with Gasteiger partial charge >= 0.3 is 0 Å². The monoisotopic (exact) mass is 194 g/mol. The van der Waals surface area contributed by atoms with Gasteiger partial charge < -0.3 is 15.5 Å². The van der Waals surface area contributed by atoms with Crippen molar-refractivity contribution in [3.05, 3.63) is 17.8 Å². The molecule has 0 aliphatic carbocycles. The molecule has 0 aliphatic rings. The highest BCUT2D eigenvalue weighted by Crippen LogP contribution is 2.07. The second kappa shape index (κ2) is 3.36. The Morgan fingerprint density at radius 3 is 3.07 bits per heavy atom. The van der Waals surface area contributed by atoms with Gasteiger partial charge in [0.05, 0.1) is 6.54 Å². The third-order valence-corrected chi connectivity index (χ3v) is 1.76. The highest BCUT2D eigenvalue weighted by Gasteiger charge is 2.04. The zero-order valence-electron chi connectivity index (χ0n) is 7.61. The van der Waals surface area contributed by atoms with Crippen LogP contribution in [0.3, 0.4) is 0 Å². The van der Waals surface area contributed by atoms with E-state index in [-0.39, 0.29) is 5.95 Å². The molecular weight excluding hydrogens is 184 g/mol. The van der Waals surface area contributed by atoms with Crippen molar-refractivity contribution in [1.82, 2.24) is 20.2 Å². The van der Waals surface area contributed by atoms with Crippen LogP contribution in [0, 0.1) is 6.92 Å². The molecule has 74 valence electrons. The van der Waals surface area contributed by atoms with Crippen LogP contribution in [0.1, 0.15) is 11.5 Å². The maximum absolute atomic E-state index is 5.35. The summed E-state index contributed by atoms with van der Waals surface area (Å²) in [5, 5.41) is 9.29. The van der Waals surface area contributed by atoms with Crippen LogP contribution in [0.5, 0.6) is 0 Å². The molecule has 2 aromatic heterocycles. The first-order valence-corrected chi connectivity index (χ1v) is 4.06. The van der Waals surface area contributed by atoms with E-state index in [1.807, 2.05) is 6.92 Å². The van der Waals surface area contributed by atoms with Crippen LogP contribution in [0.25, 0.3) is 0 Å². The second-order valence-corrected chi connectivity index (χ2v) is 2.75. The Bertz CT molecular complexity index is 419. The number of anilines is 2. The van der Waals surface area contributed by atoms with E-state index in [1.54, 1.807) is 0 Å². The van der Waals surface area contributed by atoms with Gasteiger partial charge in [-0.2, -0.15) is 4.98 Å². The first kappa shape index (κ1) is 8.54. The van der Waals surface area contributed by atoms with Gasteiger partial charge in [0.25, 0.3) is 0 Å². The molecule has 2 rings (SSSR count). The summed E-state index contributed by atoms with van der Waals surface area (Å²) in [6.07, 6.45) is 1.40. The van der Waals surface area contributed by atoms with Crippen molar-refractivity contribution >= 4 is 11.9 Å². The minimum atomic E-state index is 0.282. The molecule has 2 aromatic rings. The molecule has 0 saturated carbocycles. The van der Waals surface area contributed by atoms with Gasteiger partial charge in [-0.25, -0.2) is 10.1 Å². The summed E-state index contributed by atoms with van der Waals surface area (Å²) in [5.41, 5.74) is 6.18. The number of aromatic nitrogens is 4. The minimum Gasteiger partial charge on any atom is -0.448 e. The van der Waals surface area contributed by atoms with E-state index in [0.717, 1.165) is 11.5 Å². The normalized spacial score (nSPS) is 10.4. The van der Waals surface area contributed by atoms with Gasteiger partial charge in [-0.1, -0.05) is 0 Å². The molecule has 0 atom stereocenters. The van der Waals surface area contributed by atoms with Gasteiger partial charge in [0.1, 0.15) is 11.5 Å². The van der Waals surface area contributed by atoms with Crippen molar-refractivity contribution in [1.29, 1.82) is 0 Å². The molecule has 0 bridgehead atoms. The van der Waals surface area contributed by atoms with Crippen molar-refractivity contribution < 1.29 is 4.42 Å². The topological polar surface area (TPSA) is 106 Å². The van der Waals surface area contributed by atoms with E-state index in [1.165, 1.54) is 6.39 Å². The standard InChI is InChI=1S/C7H10N6O/c1-4-5(10-3-14-4)2-9-7-11-6(8)12-13-7/h3H,2H2,1H3,(H4,8,9,11,12,13). The lowest BCUT2D eigenvalue weighted by molar-refractivity contribution is 0.524. The van der Waals surface area contributed by atoms with Crippen LogP contribution in [-0.2, 0) is 6.54 Å². The van der Waals surface area contributed by atoms with Crippen molar-refractivity contribution in [2.45, 2.75) is 13.5 Å². The number of aryl methyl sites for hydroxylation is 1. The number of H-pyrrole nitrogens is 1. The summed E-state index contributed by atoms with van der Waals surface area (Å²) in [7, 11) is 0. The predicted molar refractivity (Wildman–Crippen MR) is 49.4 cm³/mol. The van der Waals surface area contributed by atoms with Gasteiger partial charge in [0, 0.05) is 0 Å². The highest BCUT2D eigenvalue weighted by molar-refractivity contribution is 5.30. The molecule has 0 saturated heterocycles. The molecule has 7 nitrogen and oxygen atoms in total. The molecule has 14 heavy (non-hydrogen) atoms. The van der Waals surface area contributed by atoms with Gasteiger partial charge in [-0.15, -0.1) is 5.10 Å². The number of nitrogen functional groups attached to an aromatic ring is 1. The molecule has 0 radical (unpaired) electrons. The first-order chi connectivity index (χ1) is 6.75. The van der Waals surface area contributed by atoms with Gasteiger partial charge in [-0.05, 0) is 6.92 Å². The molecule has 0 aliphatic heterocycles. The minimum absolute atomic E-state index is 0.282. The highest BCUT2D eigenvalue weighted by atomic mass is 16.3. The Hall–Kier alpha value is -2.05. The van der Waals surface area contributed by atoms with Crippen LogP contribution in [-0.4, -0.2) is 20.2 Å². The van der Waals surface area contributed by atoms with E-state index >= 15 is 0 Å². The Balaban J connectivity index is 1.98.